The van der Waals surface area contributed by atoms with Crippen molar-refractivity contribution in [3.63, 3.8) is 0 Å². The fourth-order valence-corrected chi connectivity index (χ4v) is 3.92. The van der Waals surface area contributed by atoms with Gasteiger partial charge in [0.1, 0.15) is 0 Å². The Labute approximate surface area is 72.6 Å². The molecule has 0 aromatic rings. The zero-order valence-electron chi connectivity index (χ0n) is 6.65. The smallest absolute Gasteiger partial charge is 0.0689 e. The summed E-state index contributed by atoms with van der Waals surface area (Å²) in [4.78, 5) is 0.156. The molecule has 2 saturated carbocycles. The van der Waals surface area contributed by atoms with Crippen molar-refractivity contribution in [1.82, 2.24) is 0 Å². The lowest BCUT2D eigenvalue weighted by Crippen LogP contribution is -2.27. The van der Waals surface area contributed by atoms with Crippen molar-refractivity contribution in [2.45, 2.75) is 37.0 Å². The van der Waals surface area contributed by atoms with Gasteiger partial charge in [-0.15, -0.1) is 11.6 Å². The molecule has 0 aromatic heterocycles. The standard InChI is InChI=1S/C10H13Cl/c11-10-5-1-2-9(10)7-3-4-8(10)6-7/h2,7-8H,1,3-6H2/t7-,8+,10-/m1/s1. The van der Waals surface area contributed by atoms with Crippen molar-refractivity contribution in [3.05, 3.63) is 11.6 Å². The van der Waals surface area contributed by atoms with E-state index in [-0.39, 0.29) is 4.87 Å². The van der Waals surface area contributed by atoms with Crippen LogP contribution in [0.5, 0.6) is 0 Å². The molecule has 0 radical (unpaired) electrons. The molecule has 0 N–H and O–H groups in total. The van der Waals surface area contributed by atoms with Crippen molar-refractivity contribution in [1.29, 1.82) is 0 Å². The van der Waals surface area contributed by atoms with Crippen molar-refractivity contribution in [2.24, 2.45) is 11.8 Å². The normalized spacial score (nSPS) is 53.0. The van der Waals surface area contributed by atoms with Crippen molar-refractivity contribution < 1.29 is 0 Å². The largest absolute Gasteiger partial charge is 0.114 e. The quantitative estimate of drug-likeness (QED) is 0.385. The molecule has 0 heterocycles. The number of fused-ring (bicyclic) bond motifs is 5. The predicted octanol–water partition coefficient (Wildman–Crippen LogP) is 3.11. The van der Waals surface area contributed by atoms with Crippen LogP contribution in [0.1, 0.15) is 32.1 Å². The van der Waals surface area contributed by atoms with E-state index < -0.39 is 0 Å². The van der Waals surface area contributed by atoms with E-state index in [1.807, 2.05) is 0 Å². The number of hydrogen-bond acceptors (Lipinski definition) is 0. The highest BCUT2D eigenvalue weighted by Crippen LogP contribution is 2.61. The third-order valence-corrected chi connectivity index (χ3v) is 4.59. The van der Waals surface area contributed by atoms with Crippen LogP contribution in [0.15, 0.2) is 11.6 Å². The van der Waals surface area contributed by atoms with Gasteiger partial charge in [0.25, 0.3) is 0 Å². The van der Waals surface area contributed by atoms with Crippen molar-refractivity contribution in [3.8, 4) is 0 Å². The first kappa shape index (κ1) is 6.54. The number of alkyl halides is 1. The molecule has 0 aromatic carbocycles. The Kier molecular flexibility index (Phi) is 1.10. The molecule has 0 spiro atoms. The topological polar surface area (TPSA) is 0 Å². The Hall–Kier alpha value is 0.0300. The highest BCUT2D eigenvalue weighted by Gasteiger charge is 2.54. The minimum atomic E-state index is 0.156. The molecule has 0 nitrogen and oxygen atoms in total. The van der Waals surface area contributed by atoms with Crippen LogP contribution in [0, 0.1) is 11.8 Å². The van der Waals surface area contributed by atoms with E-state index in [1.54, 1.807) is 5.57 Å². The second-order valence-corrected chi connectivity index (χ2v) is 4.94. The van der Waals surface area contributed by atoms with E-state index in [0.717, 1.165) is 11.8 Å². The molecule has 1 heteroatoms. The van der Waals surface area contributed by atoms with Crippen LogP contribution < -0.4 is 0 Å². The fraction of sp³-hybridized carbons (Fsp3) is 0.800. The first-order chi connectivity index (χ1) is 5.31. The predicted molar refractivity (Wildman–Crippen MR) is 46.7 cm³/mol. The zero-order chi connectivity index (χ0) is 7.47. The maximum absolute atomic E-state index is 6.60. The van der Waals surface area contributed by atoms with Gasteiger partial charge in [0, 0.05) is 0 Å². The van der Waals surface area contributed by atoms with Crippen LogP contribution in [-0.4, -0.2) is 4.87 Å². The van der Waals surface area contributed by atoms with E-state index in [1.165, 1.54) is 32.1 Å². The first-order valence-corrected chi connectivity index (χ1v) is 5.08. The van der Waals surface area contributed by atoms with Gasteiger partial charge in [-0.2, -0.15) is 0 Å². The number of rotatable bonds is 0. The molecule has 3 atom stereocenters. The van der Waals surface area contributed by atoms with Crippen LogP contribution in [-0.2, 0) is 0 Å². The Morgan fingerprint density at radius 1 is 1.45 bits per heavy atom. The van der Waals surface area contributed by atoms with E-state index in [4.69, 9.17) is 11.6 Å². The summed E-state index contributed by atoms with van der Waals surface area (Å²) in [6.45, 7) is 0. The van der Waals surface area contributed by atoms with Crippen LogP contribution in [0.4, 0.5) is 0 Å². The Morgan fingerprint density at radius 3 is 3.18 bits per heavy atom. The van der Waals surface area contributed by atoms with Gasteiger partial charge in [0.15, 0.2) is 0 Å². The maximum Gasteiger partial charge on any atom is 0.0689 e. The lowest BCUT2D eigenvalue weighted by atomic mass is 9.85. The molecule has 11 heavy (non-hydrogen) atoms. The monoisotopic (exact) mass is 168 g/mol. The van der Waals surface area contributed by atoms with Crippen LogP contribution >= 0.6 is 11.6 Å². The van der Waals surface area contributed by atoms with Gasteiger partial charge >= 0.3 is 0 Å². The molecular weight excluding hydrogens is 156 g/mol. The van der Waals surface area contributed by atoms with E-state index in [9.17, 15) is 0 Å². The second kappa shape index (κ2) is 1.85. The minimum Gasteiger partial charge on any atom is -0.114 e. The third-order valence-electron chi connectivity index (χ3n) is 3.87. The molecule has 3 rings (SSSR count). The van der Waals surface area contributed by atoms with E-state index in [0.29, 0.717) is 0 Å². The minimum absolute atomic E-state index is 0.156. The van der Waals surface area contributed by atoms with Gasteiger partial charge in [0.05, 0.1) is 4.87 Å². The van der Waals surface area contributed by atoms with Gasteiger partial charge in [-0.05, 0) is 49.5 Å². The Bertz CT molecular complexity index is 231. The van der Waals surface area contributed by atoms with Crippen LogP contribution in [0.25, 0.3) is 0 Å². The third kappa shape index (κ3) is 0.630. The molecule has 3 aliphatic carbocycles. The lowest BCUT2D eigenvalue weighted by molar-refractivity contribution is 0.435. The van der Waals surface area contributed by atoms with E-state index >= 15 is 0 Å². The molecular formula is C10H13Cl. The lowest BCUT2D eigenvalue weighted by Gasteiger charge is -2.29. The molecule has 2 bridgehead atoms. The average molecular weight is 169 g/mol. The van der Waals surface area contributed by atoms with Gasteiger partial charge in [-0.25, -0.2) is 0 Å². The summed E-state index contributed by atoms with van der Waals surface area (Å²) in [5.74, 6) is 1.72. The van der Waals surface area contributed by atoms with Crippen molar-refractivity contribution >= 4 is 11.6 Å². The summed E-state index contributed by atoms with van der Waals surface area (Å²) < 4.78 is 0. The summed E-state index contributed by atoms with van der Waals surface area (Å²) in [5, 5.41) is 0. The molecule has 0 amide bonds. The Balaban J connectivity index is 2.10. The number of hydrogen-bond donors (Lipinski definition) is 0. The van der Waals surface area contributed by atoms with Crippen molar-refractivity contribution in [2.75, 3.05) is 0 Å². The van der Waals surface area contributed by atoms with Gasteiger partial charge in [-0.3, -0.25) is 0 Å². The van der Waals surface area contributed by atoms with Gasteiger partial charge < -0.3 is 0 Å². The summed E-state index contributed by atoms with van der Waals surface area (Å²) in [6.07, 6.45) is 9.10. The van der Waals surface area contributed by atoms with Crippen LogP contribution in [0.2, 0.25) is 0 Å². The number of halogens is 1. The molecule has 2 fully saturated rings. The first-order valence-electron chi connectivity index (χ1n) is 4.70. The van der Waals surface area contributed by atoms with Crippen LogP contribution in [0.3, 0.4) is 0 Å². The molecule has 60 valence electrons. The average Bonchev–Trinajstić information content (AvgIpc) is 2.54. The highest BCUT2D eigenvalue weighted by molar-refractivity contribution is 6.26. The van der Waals surface area contributed by atoms with Gasteiger partial charge in [-0.1, -0.05) is 6.08 Å². The number of allylic oxidation sites excluding steroid dienone is 2. The Morgan fingerprint density at radius 2 is 2.36 bits per heavy atom. The zero-order valence-corrected chi connectivity index (χ0v) is 7.40. The molecule has 0 aliphatic heterocycles. The fourth-order valence-electron chi connectivity index (χ4n) is 3.38. The molecule has 0 saturated heterocycles. The molecule has 3 aliphatic rings. The highest BCUT2D eigenvalue weighted by atomic mass is 35.5. The summed E-state index contributed by atoms with van der Waals surface area (Å²) >= 11 is 6.60. The SMILES string of the molecule is Cl[C@@]12CCC=C1[C@@H]1CC[C@H]2C1. The van der Waals surface area contributed by atoms with Gasteiger partial charge in [0.2, 0.25) is 0 Å². The second-order valence-electron chi connectivity index (χ2n) is 4.27. The molecule has 0 unspecified atom stereocenters. The summed E-state index contributed by atoms with van der Waals surface area (Å²) in [7, 11) is 0. The summed E-state index contributed by atoms with van der Waals surface area (Å²) in [6, 6.07) is 0. The summed E-state index contributed by atoms with van der Waals surface area (Å²) in [5.41, 5.74) is 1.62. The maximum atomic E-state index is 6.60. The van der Waals surface area contributed by atoms with E-state index in [2.05, 4.69) is 6.08 Å².